The van der Waals surface area contributed by atoms with Crippen molar-refractivity contribution >= 4 is 5.91 Å². The smallest absolute Gasteiger partial charge is 0.226 e. The number of aromatic nitrogens is 2. The maximum absolute atomic E-state index is 12.4. The Bertz CT molecular complexity index is 528. The molecule has 7 heteroatoms. The van der Waals surface area contributed by atoms with Crippen molar-refractivity contribution < 1.29 is 18.8 Å². The topological polar surface area (TPSA) is 77.7 Å². The number of nitrogens with zero attached hydrogens (tertiary/aromatic N) is 3. The SMILES string of the molecule is CCc1nc([C@@H]2CCCN(C(=O)CCOC[C@H]3CCCO3)C2)no1. The zero-order valence-corrected chi connectivity index (χ0v) is 14.4. The molecule has 2 atom stereocenters. The van der Waals surface area contributed by atoms with E-state index in [1.807, 2.05) is 11.8 Å². The number of amides is 1. The maximum atomic E-state index is 12.4. The first-order chi connectivity index (χ1) is 11.8. The summed E-state index contributed by atoms with van der Waals surface area (Å²) in [4.78, 5) is 18.7. The lowest BCUT2D eigenvalue weighted by atomic mass is 9.97. The number of likely N-dealkylation sites (tertiary alicyclic amines) is 1. The molecule has 0 bridgehead atoms. The van der Waals surface area contributed by atoms with Crippen LogP contribution in [0, 0.1) is 0 Å². The Balaban J connectivity index is 1.41. The summed E-state index contributed by atoms with van der Waals surface area (Å²) in [6, 6.07) is 0. The van der Waals surface area contributed by atoms with Gasteiger partial charge in [0.15, 0.2) is 5.82 Å². The summed E-state index contributed by atoms with van der Waals surface area (Å²) >= 11 is 0. The fraction of sp³-hybridized carbons (Fsp3) is 0.824. The molecule has 0 spiro atoms. The summed E-state index contributed by atoms with van der Waals surface area (Å²) in [6.45, 7) is 5.36. The van der Waals surface area contributed by atoms with Gasteiger partial charge < -0.3 is 18.9 Å². The summed E-state index contributed by atoms with van der Waals surface area (Å²) in [7, 11) is 0. The molecule has 24 heavy (non-hydrogen) atoms. The summed E-state index contributed by atoms with van der Waals surface area (Å²) in [5.74, 6) is 1.72. The molecule has 0 aromatic carbocycles. The van der Waals surface area contributed by atoms with E-state index in [0.29, 0.717) is 32.1 Å². The molecule has 2 aliphatic rings. The highest BCUT2D eigenvalue weighted by atomic mass is 16.5. The van der Waals surface area contributed by atoms with Crippen LogP contribution < -0.4 is 0 Å². The first-order valence-electron chi connectivity index (χ1n) is 9.06. The predicted molar refractivity (Wildman–Crippen MR) is 86.6 cm³/mol. The van der Waals surface area contributed by atoms with E-state index in [0.717, 1.165) is 51.1 Å². The van der Waals surface area contributed by atoms with E-state index in [4.69, 9.17) is 14.0 Å². The van der Waals surface area contributed by atoms with Crippen molar-refractivity contribution in [2.75, 3.05) is 32.9 Å². The van der Waals surface area contributed by atoms with Crippen molar-refractivity contribution in [3.63, 3.8) is 0 Å². The molecule has 0 N–H and O–H groups in total. The van der Waals surface area contributed by atoms with E-state index in [1.54, 1.807) is 0 Å². The average molecular weight is 337 g/mol. The summed E-state index contributed by atoms with van der Waals surface area (Å²) < 4.78 is 16.3. The first-order valence-corrected chi connectivity index (χ1v) is 9.06. The molecule has 134 valence electrons. The van der Waals surface area contributed by atoms with E-state index in [-0.39, 0.29) is 17.9 Å². The monoisotopic (exact) mass is 337 g/mol. The van der Waals surface area contributed by atoms with Crippen LogP contribution in [0.1, 0.15) is 56.7 Å². The lowest BCUT2D eigenvalue weighted by Crippen LogP contribution is -2.39. The van der Waals surface area contributed by atoms with E-state index < -0.39 is 0 Å². The number of carbonyl (C=O) groups is 1. The van der Waals surface area contributed by atoms with Crippen molar-refractivity contribution in [3.8, 4) is 0 Å². The second kappa shape index (κ2) is 8.58. The van der Waals surface area contributed by atoms with Crippen molar-refractivity contribution in [2.24, 2.45) is 0 Å². The lowest BCUT2D eigenvalue weighted by Gasteiger charge is -2.31. The van der Waals surface area contributed by atoms with Crippen LogP contribution >= 0.6 is 0 Å². The number of rotatable bonds is 7. The van der Waals surface area contributed by atoms with Crippen molar-refractivity contribution in [1.29, 1.82) is 0 Å². The van der Waals surface area contributed by atoms with Gasteiger partial charge in [0.05, 0.1) is 25.7 Å². The highest BCUT2D eigenvalue weighted by molar-refractivity contribution is 5.76. The van der Waals surface area contributed by atoms with Crippen LogP contribution in [0.2, 0.25) is 0 Å². The van der Waals surface area contributed by atoms with Crippen LogP contribution in [0.3, 0.4) is 0 Å². The van der Waals surface area contributed by atoms with Gasteiger partial charge in [-0.2, -0.15) is 4.98 Å². The number of piperidine rings is 1. The van der Waals surface area contributed by atoms with Gasteiger partial charge in [-0.25, -0.2) is 0 Å². The fourth-order valence-corrected chi connectivity index (χ4v) is 3.30. The van der Waals surface area contributed by atoms with Gasteiger partial charge in [-0.15, -0.1) is 0 Å². The summed E-state index contributed by atoms with van der Waals surface area (Å²) in [5, 5.41) is 4.06. The van der Waals surface area contributed by atoms with Gasteiger partial charge in [0.2, 0.25) is 11.8 Å². The van der Waals surface area contributed by atoms with Gasteiger partial charge in [0.25, 0.3) is 0 Å². The number of ether oxygens (including phenoxy) is 2. The molecule has 3 rings (SSSR count). The molecule has 3 heterocycles. The molecule has 2 fully saturated rings. The Morgan fingerprint density at radius 1 is 1.38 bits per heavy atom. The second-order valence-electron chi connectivity index (χ2n) is 6.54. The van der Waals surface area contributed by atoms with Crippen molar-refractivity contribution in [1.82, 2.24) is 15.0 Å². The fourth-order valence-electron chi connectivity index (χ4n) is 3.30. The minimum Gasteiger partial charge on any atom is -0.378 e. The van der Waals surface area contributed by atoms with Crippen LogP contribution in [0.15, 0.2) is 4.52 Å². The Kier molecular flexibility index (Phi) is 6.20. The molecule has 0 unspecified atom stereocenters. The summed E-state index contributed by atoms with van der Waals surface area (Å²) in [5.41, 5.74) is 0. The Hall–Kier alpha value is -1.47. The maximum Gasteiger partial charge on any atom is 0.226 e. The Morgan fingerprint density at radius 3 is 3.04 bits per heavy atom. The zero-order valence-electron chi connectivity index (χ0n) is 14.4. The molecule has 2 aliphatic heterocycles. The highest BCUT2D eigenvalue weighted by Crippen LogP contribution is 2.25. The Morgan fingerprint density at radius 2 is 2.29 bits per heavy atom. The van der Waals surface area contributed by atoms with E-state index >= 15 is 0 Å². The zero-order chi connectivity index (χ0) is 16.8. The van der Waals surface area contributed by atoms with Crippen LogP contribution in [-0.4, -0.2) is 60.0 Å². The van der Waals surface area contributed by atoms with Gasteiger partial charge >= 0.3 is 0 Å². The molecule has 0 aliphatic carbocycles. The van der Waals surface area contributed by atoms with Gasteiger partial charge in [-0.3, -0.25) is 4.79 Å². The minimum absolute atomic E-state index is 0.145. The molecule has 1 aromatic heterocycles. The van der Waals surface area contributed by atoms with Crippen LogP contribution in [0.5, 0.6) is 0 Å². The number of hydrogen-bond donors (Lipinski definition) is 0. The average Bonchev–Trinajstić information content (AvgIpc) is 3.30. The molecule has 0 radical (unpaired) electrons. The molecular weight excluding hydrogens is 310 g/mol. The van der Waals surface area contributed by atoms with Crippen LogP contribution in [-0.2, 0) is 20.7 Å². The molecule has 0 saturated carbocycles. The van der Waals surface area contributed by atoms with E-state index in [2.05, 4.69) is 10.1 Å². The van der Waals surface area contributed by atoms with Crippen LogP contribution in [0.4, 0.5) is 0 Å². The van der Waals surface area contributed by atoms with Crippen molar-refractivity contribution in [3.05, 3.63) is 11.7 Å². The third-order valence-electron chi connectivity index (χ3n) is 4.71. The third kappa shape index (κ3) is 4.54. The number of hydrogen-bond acceptors (Lipinski definition) is 6. The van der Waals surface area contributed by atoms with E-state index in [1.165, 1.54) is 0 Å². The molecule has 1 amide bonds. The van der Waals surface area contributed by atoms with Crippen molar-refractivity contribution in [2.45, 2.75) is 57.5 Å². The summed E-state index contributed by atoms with van der Waals surface area (Å²) in [6.07, 6.45) is 5.52. The van der Waals surface area contributed by atoms with Gasteiger partial charge in [0, 0.05) is 32.0 Å². The Labute approximate surface area is 142 Å². The minimum atomic E-state index is 0.145. The molecule has 1 aromatic rings. The highest BCUT2D eigenvalue weighted by Gasteiger charge is 2.27. The lowest BCUT2D eigenvalue weighted by molar-refractivity contribution is -0.133. The largest absolute Gasteiger partial charge is 0.378 e. The second-order valence-corrected chi connectivity index (χ2v) is 6.54. The first kappa shape index (κ1) is 17.4. The number of aryl methyl sites for hydroxylation is 1. The van der Waals surface area contributed by atoms with Gasteiger partial charge in [-0.05, 0) is 25.7 Å². The third-order valence-corrected chi connectivity index (χ3v) is 4.71. The predicted octanol–water partition coefficient (Wildman–Crippen LogP) is 1.92. The molecule has 2 saturated heterocycles. The van der Waals surface area contributed by atoms with Gasteiger partial charge in [0.1, 0.15) is 0 Å². The molecule has 7 nitrogen and oxygen atoms in total. The quantitative estimate of drug-likeness (QED) is 0.708. The number of carbonyl (C=O) groups excluding carboxylic acids is 1. The normalized spacial score (nSPS) is 24.5. The van der Waals surface area contributed by atoms with Gasteiger partial charge in [-0.1, -0.05) is 12.1 Å². The standard InChI is InChI=1S/C17H27N3O4/c1-2-15-18-17(19-24-15)13-5-3-8-20(11-13)16(21)7-10-22-12-14-6-4-9-23-14/h13-14H,2-12H2,1H3/t13-,14-/m1/s1. The van der Waals surface area contributed by atoms with Crippen LogP contribution in [0.25, 0.3) is 0 Å². The molecular formula is C17H27N3O4. The van der Waals surface area contributed by atoms with E-state index in [9.17, 15) is 4.79 Å².